The molecule has 2 heterocycles. The standard InChI is InChI=1S/C20H16F2N4O4S/c1-10-15(27)7-6-14-12(8-16(28)30-17(10)14)9-31-20-25-24-18(26(20)23)11-2-4-13(5-3-11)29-19(21)22/h2-8,19,27H,9,23H2,1H3. The number of halogens is 2. The molecule has 0 aliphatic heterocycles. The third-order valence-corrected chi connectivity index (χ3v) is 5.57. The van der Waals surface area contributed by atoms with E-state index < -0.39 is 12.2 Å². The van der Waals surface area contributed by atoms with Gasteiger partial charge in [-0.05, 0) is 48.9 Å². The zero-order valence-electron chi connectivity index (χ0n) is 16.1. The number of phenols is 1. The van der Waals surface area contributed by atoms with Gasteiger partial charge >= 0.3 is 12.2 Å². The summed E-state index contributed by atoms with van der Waals surface area (Å²) < 4.78 is 35.4. The number of rotatable bonds is 6. The first-order chi connectivity index (χ1) is 14.8. The summed E-state index contributed by atoms with van der Waals surface area (Å²) in [4.78, 5) is 12.0. The number of aromatic hydroxyl groups is 1. The number of fused-ring (bicyclic) bond motifs is 1. The lowest BCUT2D eigenvalue weighted by molar-refractivity contribution is -0.0498. The molecule has 0 radical (unpaired) electrons. The van der Waals surface area contributed by atoms with Crippen molar-refractivity contribution in [3.8, 4) is 22.9 Å². The van der Waals surface area contributed by atoms with E-state index in [1.54, 1.807) is 25.1 Å². The number of hydrogen-bond donors (Lipinski definition) is 2. The minimum atomic E-state index is -2.91. The Bertz CT molecular complexity index is 1310. The van der Waals surface area contributed by atoms with E-state index in [0.717, 1.165) is 0 Å². The van der Waals surface area contributed by atoms with Gasteiger partial charge in [0.15, 0.2) is 5.82 Å². The van der Waals surface area contributed by atoms with Gasteiger partial charge in [0.2, 0.25) is 5.16 Å². The Morgan fingerprint density at radius 1 is 1.23 bits per heavy atom. The first-order valence-corrected chi connectivity index (χ1v) is 9.96. The van der Waals surface area contributed by atoms with E-state index in [-0.39, 0.29) is 11.5 Å². The van der Waals surface area contributed by atoms with Crippen LogP contribution in [0.25, 0.3) is 22.4 Å². The van der Waals surface area contributed by atoms with Crippen molar-refractivity contribution in [2.24, 2.45) is 0 Å². The first-order valence-electron chi connectivity index (χ1n) is 8.97. The van der Waals surface area contributed by atoms with E-state index in [4.69, 9.17) is 10.3 Å². The maximum Gasteiger partial charge on any atom is 0.387 e. The number of aryl methyl sites for hydroxylation is 1. The summed E-state index contributed by atoms with van der Waals surface area (Å²) in [5.41, 5.74) is 1.53. The van der Waals surface area contributed by atoms with Crippen LogP contribution in [0.5, 0.6) is 11.5 Å². The van der Waals surface area contributed by atoms with Crippen molar-refractivity contribution in [1.29, 1.82) is 0 Å². The largest absolute Gasteiger partial charge is 0.508 e. The Balaban J connectivity index is 1.58. The van der Waals surface area contributed by atoms with Gasteiger partial charge in [-0.15, -0.1) is 10.2 Å². The van der Waals surface area contributed by atoms with Gasteiger partial charge in [-0.2, -0.15) is 8.78 Å². The molecule has 0 aliphatic carbocycles. The van der Waals surface area contributed by atoms with Gasteiger partial charge in [0.25, 0.3) is 0 Å². The van der Waals surface area contributed by atoms with Gasteiger partial charge in [-0.1, -0.05) is 11.8 Å². The maximum absolute atomic E-state index is 12.3. The predicted molar refractivity (Wildman–Crippen MR) is 111 cm³/mol. The Kier molecular flexibility index (Phi) is 5.51. The Morgan fingerprint density at radius 2 is 1.97 bits per heavy atom. The molecular formula is C20H16F2N4O4S. The molecule has 4 rings (SSSR count). The third-order valence-electron chi connectivity index (χ3n) is 4.58. The van der Waals surface area contributed by atoms with Crippen LogP contribution < -0.4 is 16.2 Å². The summed E-state index contributed by atoms with van der Waals surface area (Å²) in [5, 5.41) is 19.1. The summed E-state index contributed by atoms with van der Waals surface area (Å²) >= 11 is 1.26. The van der Waals surface area contributed by atoms with Crippen molar-refractivity contribution in [2.75, 3.05) is 5.84 Å². The molecule has 0 bridgehead atoms. The fourth-order valence-corrected chi connectivity index (χ4v) is 3.88. The number of aromatic nitrogens is 3. The second-order valence-corrected chi connectivity index (χ2v) is 7.49. The number of alkyl halides is 2. The summed E-state index contributed by atoms with van der Waals surface area (Å²) in [7, 11) is 0. The van der Waals surface area contributed by atoms with Crippen LogP contribution in [-0.4, -0.2) is 26.6 Å². The van der Waals surface area contributed by atoms with E-state index >= 15 is 0 Å². The maximum atomic E-state index is 12.3. The highest BCUT2D eigenvalue weighted by Gasteiger charge is 2.15. The molecule has 0 fully saturated rings. The lowest BCUT2D eigenvalue weighted by Crippen LogP contribution is -2.11. The van der Waals surface area contributed by atoms with Crippen LogP contribution >= 0.6 is 11.8 Å². The summed E-state index contributed by atoms with van der Waals surface area (Å²) in [5.74, 6) is 6.86. The number of nitrogens with zero attached hydrogens (tertiary/aromatic N) is 3. The van der Waals surface area contributed by atoms with Gasteiger partial charge in [-0.25, -0.2) is 9.47 Å². The minimum Gasteiger partial charge on any atom is -0.508 e. The molecule has 0 spiro atoms. The van der Waals surface area contributed by atoms with Crippen molar-refractivity contribution >= 4 is 22.7 Å². The number of nitrogens with two attached hydrogens (primary N) is 1. The fourth-order valence-electron chi connectivity index (χ4n) is 3.04. The van der Waals surface area contributed by atoms with E-state index in [0.29, 0.717) is 44.4 Å². The molecule has 2 aromatic heterocycles. The molecule has 0 aliphatic rings. The van der Waals surface area contributed by atoms with Gasteiger partial charge in [0, 0.05) is 28.3 Å². The second-order valence-electron chi connectivity index (χ2n) is 6.54. The minimum absolute atomic E-state index is 0.0209. The molecule has 0 unspecified atom stereocenters. The SMILES string of the molecule is Cc1c(O)ccc2c(CSc3nnc(-c4ccc(OC(F)F)cc4)n3N)cc(=O)oc12. The van der Waals surface area contributed by atoms with Crippen LogP contribution in [0.2, 0.25) is 0 Å². The topological polar surface area (TPSA) is 116 Å². The van der Waals surface area contributed by atoms with Crippen molar-refractivity contribution in [3.63, 3.8) is 0 Å². The molecule has 160 valence electrons. The first kappa shape index (κ1) is 20.7. The van der Waals surface area contributed by atoms with E-state index in [9.17, 15) is 18.7 Å². The zero-order chi connectivity index (χ0) is 22.1. The average Bonchev–Trinajstić information content (AvgIpc) is 3.10. The number of hydrogen-bond acceptors (Lipinski definition) is 8. The quantitative estimate of drug-likeness (QED) is 0.262. The molecule has 0 atom stereocenters. The molecule has 4 aromatic rings. The van der Waals surface area contributed by atoms with Crippen molar-refractivity contribution in [2.45, 2.75) is 24.4 Å². The number of phenolic OH excluding ortho intramolecular Hbond substituents is 1. The Labute approximate surface area is 178 Å². The van der Waals surface area contributed by atoms with Gasteiger partial charge in [0.05, 0.1) is 0 Å². The van der Waals surface area contributed by atoms with Crippen LogP contribution in [0.4, 0.5) is 8.78 Å². The third kappa shape index (κ3) is 4.17. The van der Waals surface area contributed by atoms with Crippen molar-refractivity contribution in [1.82, 2.24) is 14.9 Å². The van der Waals surface area contributed by atoms with Gasteiger partial charge in [-0.3, -0.25) is 0 Å². The van der Waals surface area contributed by atoms with Crippen LogP contribution in [0.15, 0.2) is 56.8 Å². The van der Waals surface area contributed by atoms with Crippen LogP contribution in [-0.2, 0) is 5.75 Å². The van der Waals surface area contributed by atoms with Crippen LogP contribution in [0.1, 0.15) is 11.1 Å². The molecule has 3 N–H and O–H groups in total. The highest BCUT2D eigenvalue weighted by Crippen LogP contribution is 2.31. The predicted octanol–water partition coefficient (Wildman–Crippen LogP) is 3.67. The monoisotopic (exact) mass is 446 g/mol. The van der Waals surface area contributed by atoms with E-state index in [1.807, 2.05) is 0 Å². The van der Waals surface area contributed by atoms with Crippen LogP contribution in [0, 0.1) is 6.92 Å². The van der Waals surface area contributed by atoms with Gasteiger partial charge in [0.1, 0.15) is 17.1 Å². The van der Waals surface area contributed by atoms with Crippen molar-refractivity contribution in [3.05, 3.63) is 64.0 Å². The molecule has 0 saturated heterocycles. The smallest absolute Gasteiger partial charge is 0.387 e. The molecule has 8 nitrogen and oxygen atoms in total. The average molecular weight is 446 g/mol. The van der Waals surface area contributed by atoms with Crippen LogP contribution in [0.3, 0.4) is 0 Å². The highest BCUT2D eigenvalue weighted by molar-refractivity contribution is 7.98. The highest BCUT2D eigenvalue weighted by atomic mass is 32.2. The van der Waals surface area contributed by atoms with E-state index in [2.05, 4.69) is 14.9 Å². The van der Waals surface area contributed by atoms with Crippen molar-refractivity contribution < 1.29 is 23.0 Å². The summed E-state index contributed by atoms with van der Waals surface area (Å²) in [6.07, 6.45) is 0. The fraction of sp³-hybridized carbons (Fsp3) is 0.150. The molecule has 31 heavy (non-hydrogen) atoms. The number of benzene rings is 2. The lowest BCUT2D eigenvalue weighted by atomic mass is 10.1. The normalized spacial score (nSPS) is 11.4. The van der Waals surface area contributed by atoms with E-state index in [1.165, 1.54) is 40.7 Å². The Morgan fingerprint density at radius 3 is 2.68 bits per heavy atom. The number of thioether (sulfide) groups is 1. The number of ether oxygens (including phenoxy) is 1. The second kappa shape index (κ2) is 8.26. The molecule has 2 aromatic carbocycles. The molecule has 0 saturated carbocycles. The summed E-state index contributed by atoms with van der Waals surface area (Å²) in [6.45, 7) is -1.24. The number of nitrogen functional groups attached to an aromatic ring is 1. The molecular weight excluding hydrogens is 430 g/mol. The Hall–Kier alpha value is -3.60. The lowest BCUT2D eigenvalue weighted by Gasteiger charge is -2.08. The van der Waals surface area contributed by atoms with Gasteiger partial charge < -0.3 is 20.1 Å². The molecule has 11 heteroatoms. The zero-order valence-corrected chi connectivity index (χ0v) is 16.9. The molecule has 0 amide bonds. The summed E-state index contributed by atoms with van der Waals surface area (Å²) in [6, 6.07) is 10.5.